The van der Waals surface area contributed by atoms with Crippen LogP contribution in [-0.4, -0.2) is 23.9 Å². The van der Waals surface area contributed by atoms with Gasteiger partial charge in [-0.15, -0.1) is 29.1 Å². The molecule has 0 N–H and O–H groups in total. The van der Waals surface area contributed by atoms with Crippen molar-refractivity contribution < 1.29 is 30.2 Å². The van der Waals surface area contributed by atoms with Gasteiger partial charge < -0.3 is 18.7 Å². The van der Waals surface area contributed by atoms with Gasteiger partial charge in [0, 0.05) is 34.6 Å². The van der Waals surface area contributed by atoms with E-state index in [9.17, 15) is 0 Å². The smallest absolute Gasteiger partial charge is 0.499 e. The number of oxazole rings is 1. The predicted octanol–water partition coefficient (Wildman–Crippen LogP) is 9.62. The van der Waals surface area contributed by atoms with Gasteiger partial charge >= 0.3 is 21.1 Å². The molecular weight excluding hydrogens is 766 g/mol. The third-order valence-electron chi connectivity index (χ3n) is 8.37. The van der Waals surface area contributed by atoms with Crippen molar-refractivity contribution in [1.82, 2.24) is 23.9 Å². The van der Waals surface area contributed by atoms with E-state index in [0.29, 0.717) is 22.8 Å². The summed E-state index contributed by atoms with van der Waals surface area (Å²) in [6, 6.07) is 31.5. The van der Waals surface area contributed by atoms with Crippen LogP contribution in [-0.2, 0) is 31.9 Å². The fourth-order valence-corrected chi connectivity index (χ4v) is 6.09. The van der Waals surface area contributed by atoms with Gasteiger partial charge in [-0.05, 0) is 46.3 Å². The summed E-state index contributed by atoms with van der Waals surface area (Å²) >= 11 is 0. The van der Waals surface area contributed by atoms with E-state index in [1.807, 2.05) is 36.5 Å². The summed E-state index contributed by atoms with van der Waals surface area (Å²) in [6.45, 7) is 13.1. The number of rotatable bonds is 4. The number of aromatic nitrogens is 5. The molecule has 8 heteroatoms. The van der Waals surface area contributed by atoms with E-state index in [-0.39, 0.29) is 31.9 Å². The number of ether oxygens (including phenoxy) is 1. The van der Waals surface area contributed by atoms with Gasteiger partial charge in [-0.3, -0.25) is 4.40 Å². The molecule has 8 rings (SSSR count). The van der Waals surface area contributed by atoms with Crippen LogP contribution in [0.1, 0.15) is 52.9 Å². The van der Waals surface area contributed by atoms with Crippen molar-refractivity contribution in [2.24, 2.45) is 0 Å². The van der Waals surface area contributed by atoms with Crippen molar-refractivity contribution >= 4 is 38.6 Å². The molecule has 8 aromatic rings. The Balaban J connectivity index is 0.00000351. The normalized spacial score (nSPS) is 12.3. The predicted molar refractivity (Wildman–Crippen MR) is 182 cm³/mol. The van der Waals surface area contributed by atoms with E-state index >= 15 is 0 Å². The van der Waals surface area contributed by atoms with Crippen LogP contribution in [0.15, 0.2) is 95.8 Å². The van der Waals surface area contributed by atoms with Gasteiger partial charge in [0.2, 0.25) is 5.71 Å². The van der Waals surface area contributed by atoms with Gasteiger partial charge in [-0.25, -0.2) is 9.97 Å². The molecule has 0 spiro atoms. The third kappa shape index (κ3) is 5.23. The zero-order valence-electron chi connectivity index (χ0n) is 27.0. The molecule has 5 aromatic heterocycles. The number of para-hydroxylation sites is 1. The van der Waals surface area contributed by atoms with Gasteiger partial charge in [0.1, 0.15) is 17.2 Å². The Hall–Kier alpha value is -4.74. The molecule has 3 aromatic carbocycles. The Labute approximate surface area is 287 Å². The van der Waals surface area contributed by atoms with Crippen LogP contribution in [0, 0.1) is 12.1 Å². The average Bonchev–Trinajstić information content (AvgIpc) is 3.71. The molecule has 0 radical (unpaired) electrons. The number of fused-ring (bicyclic) bond motifs is 6. The summed E-state index contributed by atoms with van der Waals surface area (Å²) in [7, 11) is 0. The largest absolute Gasteiger partial charge is 2.00 e. The summed E-state index contributed by atoms with van der Waals surface area (Å²) in [5.74, 6) is 2.72. The topological polar surface area (TPSA) is 70.4 Å². The fraction of sp³-hybridized carbons (Fsp3) is 0.205. The van der Waals surface area contributed by atoms with Crippen molar-refractivity contribution in [3.8, 4) is 28.6 Å². The quantitative estimate of drug-likeness (QED) is 0.166. The average molecular weight is 799 g/mol. The molecule has 0 amide bonds. The van der Waals surface area contributed by atoms with Crippen molar-refractivity contribution in [3.63, 3.8) is 0 Å². The van der Waals surface area contributed by atoms with Gasteiger partial charge in [0.05, 0.1) is 11.9 Å². The molecule has 0 atom stereocenters. The molecule has 0 saturated carbocycles. The maximum atomic E-state index is 6.65. The number of nitrogens with zero attached hydrogens (tertiary/aromatic N) is 5. The van der Waals surface area contributed by atoms with Crippen LogP contribution in [0.5, 0.6) is 11.5 Å². The molecule has 236 valence electrons. The minimum atomic E-state index is -0.209. The molecule has 0 unspecified atom stereocenters. The van der Waals surface area contributed by atoms with Gasteiger partial charge in [-0.1, -0.05) is 83.5 Å². The first-order chi connectivity index (χ1) is 22.1. The molecule has 0 aliphatic rings. The zero-order chi connectivity index (χ0) is 31.8. The molecule has 0 aliphatic carbocycles. The molecular formula is C39H33N5O2Pt. The first-order valence-corrected chi connectivity index (χ1v) is 15.4. The van der Waals surface area contributed by atoms with E-state index < -0.39 is 0 Å². The number of hydrogen-bond donors (Lipinski definition) is 0. The van der Waals surface area contributed by atoms with Crippen molar-refractivity contribution in [2.75, 3.05) is 0 Å². The second-order valence-corrected chi connectivity index (χ2v) is 13.7. The number of imidazole rings is 1. The molecule has 5 heterocycles. The van der Waals surface area contributed by atoms with E-state index in [1.54, 1.807) is 12.4 Å². The van der Waals surface area contributed by atoms with Crippen molar-refractivity contribution in [2.45, 2.75) is 52.4 Å². The minimum absolute atomic E-state index is 0. The van der Waals surface area contributed by atoms with Crippen molar-refractivity contribution in [3.05, 3.63) is 115 Å². The summed E-state index contributed by atoms with van der Waals surface area (Å²) in [4.78, 5) is 14.1. The summed E-state index contributed by atoms with van der Waals surface area (Å²) in [5.41, 5.74) is 6.53. The Morgan fingerprint density at radius 2 is 1.55 bits per heavy atom. The van der Waals surface area contributed by atoms with Gasteiger partial charge in [0.25, 0.3) is 0 Å². The monoisotopic (exact) mass is 798 g/mol. The first-order valence-electron chi connectivity index (χ1n) is 15.4. The molecule has 0 fully saturated rings. The van der Waals surface area contributed by atoms with E-state index in [1.165, 1.54) is 5.56 Å². The number of benzene rings is 3. The van der Waals surface area contributed by atoms with Crippen LogP contribution < -0.4 is 4.74 Å². The Morgan fingerprint density at radius 1 is 0.745 bits per heavy atom. The number of hydrogen-bond acceptors (Lipinski definition) is 5. The van der Waals surface area contributed by atoms with Crippen LogP contribution in [0.25, 0.3) is 55.7 Å². The molecule has 7 nitrogen and oxygen atoms in total. The summed E-state index contributed by atoms with van der Waals surface area (Å²) < 4.78 is 17.3. The van der Waals surface area contributed by atoms with Crippen LogP contribution >= 0.6 is 0 Å². The Kier molecular flexibility index (Phi) is 7.36. The van der Waals surface area contributed by atoms with Crippen LogP contribution in [0.3, 0.4) is 0 Å². The van der Waals surface area contributed by atoms with E-state index in [4.69, 9.17) is 19.1 Å². The standard InChI is InChI=1S/C39H33N5O2.Pt/c1-38(2,3)25-16-18-41-34(21-25)43-30-13-8-7-11-27(30)28-15-14-26(22-31(28)43)45-33-20-24(29-12-9-10-17-40-29)19-32-36(33)46-35-23-42-37(44(32)35)39(4,5)6;/h7-19,21,23H,1-6H3;/q-2;+2. The number of pyridine rings is 2. The summed E-state index contributed by atoms with van der Waals surface area (Å²) in [5, 5.41) is 2.19. The zero-order valence-corrected chi connectivity index (χ0v) is 29.3. The van der Waals surface area contributed by atoms with Gasteiger partial charge in [-0.2, -0.15) is 6.07 Å². The first kappa shape index (κ1) is 30.9. The maximum Gasteiger partial charge on any atom is 2.00 e. The Morgan fingerprint density at radius 3 is 2.32 bits per heavy atom. The van der Waals surface area contributed by atoms with E-state index in [0.717, 1.165) is 50.2 Å². The van der Waals surface area contributed by atoms with Gasteiger partial charge in [0.15, 0.2) is 0 Å². The minimum Gasteiger partial charge on any atom is -0.499 e. The third-order valence-corrected chi connectivity index (χ3v) is 8.37. The summed E-state index contributed by atoms with van der Waals surface area (Å²) in [6.07, 6.45) is 5.42. The van der Waals surface area contributed by atoms with Crippen LogP contribution in [0.4, 0.5) is 0 Å². The van der Waals surface area contributed by atoms with E-state index in [2.05, 4.69) is 110 Å². The SMILES string of the molecule is CC(C)(C)c1ccnc(-n2c3[c-]c(Oc4[c-]c(-c5ccccn5)cc5c4oc4cnc(C(C)(C)C)n45)ccc3c3ccccc32)c1.[Pt+2]. The van der Waals surface area contributed by atoms with Crippen LogP contribution in [0.2, 0.25) is 0 Å². The molecule has 0 bridgehead atoms. The second-order valence-electron chi connectivity index (χ2n) is 13.7. The molecule has 0 aliphatic heterocycles. The second kappa shape index (κ2) is 11.2. The van der Waals surface area contributed by atoms with Crippen molar-refractivity contribution in [1.29, 1.82) is 0 Å². The maximum absolute atomic E-state index is 6.65. The Bertz CT molecular complexity index is 2420. The molecule has 0 saturated heterocycles. The molecule has 47 heavy (non-hydrogen) atoms. The fourth-order valence-electron chi connectivity index (χ4n) is 6.09.